The van der Waals surface area contributed by atoms with E-state index in [1.165, 1.54) is 25.8 Å². The Kier molecular flexibility index (Phi) is 1.48. The third-order valence-electron chi connectivity index (χ3n) is 3.47. The Morgan fingerprint density at radius 3 is 2.40 bits per heavy atom. The Balaban J connectivity index is 2.09. The maximum Gasteiger partial charge on any atom is 0.00950 e. The zero-order valence-electron chi connectivity index (χ0n) is 7.01. The Bertz CT molecular complexity index is 117. The third kappa shape index (κ3) is 0.878. The van der Waals surface area contributed by atoms with Gasteiger partial charge >= 0.3 is 0 Å². The van der Waals surface area contributed by atoms with Gasteiger partial charge in [-0.2, -0.15) is 0 Å². The monoisotopic (exact) mass is 139 g/mol. The second kappa shape index (κ2) is 2.23. The smallest absolute Gasteiger partial charge is 0.00950 e. The van der Waals surface area contributed by atoms with E-state index in [1.807, 2.05) is 0 Å². The highest BCUT2D eigenvalue weighted by Gasteiger charge is 2.35. The van der Waals surface area contributed by atoms with Crippen LogP contribution < -0.4 is 0 Å². The first-order valence-electron chi connectivity index (χ1n) is 4.47. The van der Waals surface area contributed by atoms with Crippen molar-refractivity contribution >= 4 is 0 Å². The van der Waals surface area contributed by atoms with Gasteiger partial charge in [-0.25, -0.2) is 0 Å². The van der Waals surface area contributed by atoms with Crippen molar-refractivity contribution in [1.82, 2.24) is 4.90 Å². The largest absolute Gasteiger partial charge is 0.303 e. The van der Waals surface area contributed by atoms with Gasteiger partial charge in [-0.15, -0.1) is 0 Å². The molecular weight excluding hydrogens is 122 g/mol. The topological polar surface area (TPSA) is 3.24 Å². The number of nitrogens with zero attached hydrogens (tertiary/aromatic N) is 1. The normalized spacial score (nSPS) is 48.0. The number of hydrogen-bond acceptors (Lipinski definition) is 1. The van der Waals surface area contributed by atoms with Crippen LogP contribution >= 0.6 is 0 Å². The number of fused-ring (bicyclic) bond motifs is 3. The standard InChI is InChI=1S/C9H17N/c1-7-5-9-4-3-8(7)6-10(9)2/h7-9H,3-6H2,1-2H3/t7-,8-,9-/m1/s1. The molecule has 2 aliphatic heterocycles. The average molecular weight is 139 g/mol. The van der Waals surface area contributed by atoms with Gasteiger partial charge in [0.2, 0.25) is 0 Å². The molecule has 3 fully saturated rings. The van der Waals surface area contributed by atoms with E-state index in [-0.39, 0.29) is 0 Å². The molecule has 3 atom stereocenters. The van der Waals surface area contributed by atoms with Gasteiger partial charge in [0.1, 0.15) is 0 Å². The molecule has 0 aromatic carbocycles. The van der Waals surface area contributed by atoms with Crippen LogP contribution in [-0.2, 0) is 0 Å². The predicted octanol–water partition coefficient (Wildman–Crippen LogP) is 1.74. The molecule has 0 aromatic heterocycles. The summed E-state index contributed by atoms with van der Waals surface area (Å²) in [6.45, 7) is 3.79. The van der Waals surface area contributed by atoms with Gasteiger partial charge in [0.15, 0.2) is 0 Å². The molecule has 0 unspecified atom stereocenters. The molecule has 0 amide bonds. The van der Waals surface area contributed by atoms with Crippen LogP contribution in [0, 0.1) is 11.8 Å². The lowest BCUT2D eigenvalue weighted by atomic mass is 9.73. The predicted molar refractivity (Wildman–Crippen MR) is 42.9 cm³/mol. The zero-order chi connectivity index (χ0) is 7.14. The highest BCUT2D eigenvalue weighted by molar-refractivity contribution is 4.89. The molecule has 3 rings (SSSR count). The molecular formula is C9H17N. The van der Waals surface area contributed by atoms with E-state index in [0.717, 1.165) is 17.9 Å². The summed E-state index contributed by atoms with van der Waals surface area (Å²) >= 11 is 0. The molecule has 1 aliphatic carbocycles. The minimum atomic E-state index is 0.931. The van der Waals surface area contributed by atoms with Crippen molar-refractivity contribution < 1.29 is 0 Å². The first-order valence-corrected chi connectivity index (χ1v) is 4.47. The van der Waals surface area contributed by atoms with Crippen molar-refractivity contribution in [2.24, 2.45) is 11.8 Å². The molecule has 3 aliphatic rings. The van der Waals surface area contributed by atoms with Crippen LogP contribution in [0.15, 0.2) is 0 Å². The van der Waals surface area contributed by atoms with Crippen molar-refractivity contribution in [2.45, 2.75) is 32.2 Å². The summed E-state index contributed by atoms with van der Waals surface area (Å²) in [5.74, 6) is 2.03. The van der Waals surface area contributed by atoms with Gasteiger partial charge in [-0.1, -0.05) is 6.92 Å². The van der Waals surface area contributed by atoms with Crippen LogP contribution in [0.5, 0.6) is 0 Å². The van der Waals surface area contributed by atoms with Gasteiger partial charge in [-0.05, 0) is 38.1 Å². The van der Waals surface area contributed by atoms with E-state index in [1.54, 1.807) is 0 Å². The quantitative estimate of drug-likeness (QED) is 0.494. The van der Waals surface area contributed by atoms with Crippen molar-refractivity contribution in [2.75, 3.05) is 13.6 Å². The highest BCUT2D eigenvalue weighted by atomic mass is 15.1. The number of piperidine rings is 2. The van der Waals surface area contributed by atoms with Crippen LogP contribution in [0.4, 0.5) is 0 Å². The summed E-state index contributed by atoms with van der Waals surface area (Å²) in [6.07, 6.45) is 4.42. The second-order valence-corrected chi connectivity index (χ2v) is 4.14. The van der Waals surface area contributed by atoms with Crippen LogP contribution in [0.25, 0.3) is 0 Å². The molecule has 0 N–H and O–H groups in total. The fraction of sp³-hybridized carbons (Fsp3) is 1.00. The second-order valence-electron chi connectivity index (χ2n) is 4.14. The Morgan fingerprint density at radius 2 is 2.10 bits per heavy atom. The van der Waals surface area contributed by atoms with Gasteiger partial charge in [0.25, 0.3) is 0 Å². The molecule has 58 valence electrons. The lowest BCUT2D eigenvalue weighted by Gasteiger charge is -2.47. The van der Waals surface area contributed by atoms with E-state index >= 15 is 0 Å². The van der Waals surface area contributed by atoms with Crippen LogP contribution in [-0.4, -0.2) is 24.5 Å². The maximum atomic E-state index is 2.55. The molecule has 10 heavy (non-hydrogen) atoms. The lowest BCUT2D eigenvalue weighted by Crippen LogP contribution is -2.49. The summed E-state index contributed by atoms with van der Waals surface area (Å²) in [5.41, 5.74) is 0. The summed E-state index contributed by atoms with van der Waals surface area (Å²) < 4.78 is 0. The van der Waals surface area contributed by atoms with Crippen LogP contribution in [0.1, 0.15) is 26.2 Å². The van der Waals surface area contributed by atoms with Gasteiger partial charge < -0.3 is 4.90 Å². The average Bonchev–Trinajstić information content (AvgIpc) is 1.91. The molecule has 1 heteroatoms. The maximum absolute atomic E-state index is 2.55. The molecule has 0 radical (unpaired) electrons. The fourth-order valence-electron chi connectivity index (χ4n) is 2.62. The van der Waals surface area contributed by atoms with Crippen molar-refractivity contribution in [3.05, 3.63) is 0 Å². The minimum absolute atomic E-state index is 0.931. The van der Waals surface area contributed by atoms with Gasteiger partial charge in [0, 0.05) is 12.6 Å². The molecule has 0 aromatic rings. The van der Waals surface area contributed by atoms with Crippen LogP contribution in [0.3, 0.4) is 0 Å². The van der Waals surface area contributed by atoms with Crippen LogP contribution in [0.2, 0.25) is 0 Å². The van der Waals surface area contributed by atoms with Gasteiger partial charge in [0.05, 0.1) is 0 Å². The SMILES string of the molecule is C[C@@H]1C[C@H]2CC[C@@H]1CN2C. The van der Waals surface area contributed by atoms with Crippen molar-refractivity contribution in [3.63, 3.8) is 0 Å². The summed E-state index contributed by atoms with van der Waals surface area (Å²) in [4.78, 5) is 2.55. The summed E-state index contributed by atoms with van der Waals surface area (Å²) in [6, 6.07) is 0.931. The molecule has 1 nitrogen and oxygen atoms in total. The van der Waals surface area contributed by atoms with E-state index in [4.69, 9.17) is 0 Å². The first kappa shape index (κ1) is 6.66. The molecule has 0 spiro atoms. The number of rotatable bonds is 0. The third-order valence-corrected chi connectivity index (χ3v) is 3.47. The Labute approximate surface area is 63.4 Å². The molecule has 2 heterocycles. The van der Waals surface area contributed by atoms with E-state index in [0.29, 0.717) is 0 Å². The van der Waals surface area contributed by atoms with E-state index in [9.17, 15) is 0 Å². The van der Waals surface area contributed by atoms with E-state index in [2.05, 4.69) is 18.9 Å². The zero-order valence-corrected chi connectivity index (χ0v) is 7.01. The first-order chi connectivity index (χ1) is 4.77. The molecule has 2 bridgehead atoms. The molecule has 1 saturated carbocycles. The Morgan fingerprint density at radius 1 is 1.30 bits per heavy atom. The van der Waals surface area contributed by atoms with E-state index < -0.39 is 0 Å². The van der Waals surface area contributed by atoms with Crippen molar-refractivity contribution in [3.8, 4) is 0 Å². The summed E-state index contributed by atoms with van der Waals surface area (Å²) in [7, 11) is 2.28. The number of hydrogen-bond donors (Lipinski definition) is 0. The highest BCUT2D eigenvalue weighted by Crippen LogP contribution is 2.37. The molecule has 2 saturated heterocycles. The van der Waals surface area contributed by atoms with Crippen molar-refractivity contribution in [1.29, 1.82) is 0 Å². The minimum Gasteiger partial charge on any atom is -0.303 e. The fourth-order valence-corrected chi connectivity index (χ4v) is 2.62. The Hall–Kier alpha value is -0.0400. The summed E-state index contributed by atoms with van der Waals surface area (Å²) in [5, 5.41) is 0. The lowest BCUT2D eigenvalue weighted by molar-refractivity contribution is 0.0310. The van der Waals surface area contributed by atoms with Gasteiger partial charge in [-0.3, -0.25) is 0 Å².